The summed E-state index contributed by atoms with van der Waals surface area (Å²) in [5.74, 6) is 1.35. The minimum atomic E-state index is -0.992. The summed E-state index contributed by atoms with van der Waals surface area (Å²) in [4.78, 5) is 0.872. The molecule has 3 heteroatoms. The van der Waals surface area contributed by atoms with Crippen molar-refractivity contribution in [2.45, 2.75) is 17.6 Å². The lowest BCUT2D eigenvalue weighted by molar-refractivity contribution is 0.414. The minimum absolute atomic E-state index is 0.535. The van der Waals surface area contributed by atoms with Crippen LogP contribution in [0.2, 0.25) is 0 Å². The third-order valence-corrected chi connectivity index (χ3v) is 4.13. The van der Waals surface area contributed by atoms with Gasteiger partial charge >= 0.3 is 0 Å². The second-order valence-corrected chi connectivity index (χ2v) is 5.60. The summed E-state index contributed by atoms with van der Waals surface area (Å²) in [7, 11) is 0.646. The molecule has 2 aromatic carbocycles. The molecule has 0 saturated heterocycles. The van der Waals surface area contributed by atoms with Crippen molar-refractivity contribution >= 4 is 10.8 Å². The Morgan fingerprint density at radius 3 is 2.17 bits per heavy atom. The van der Waals surface area contributed by atoms with E-state index in [4.69, 9.17) is 4.74 Å². The zero-order valence-electron chi connectivity index (χ0n) is 10.6. The predicted octanol–water partition coefficient (Wildman–Crippen LogP) is 3.31. The molecule has 2 rings (SSSR count). The van der Waals surface area contributed by atoms with E-state index in [1.165, 1.54) is 5.56 Å². The van der Waals surface area contributed by atoms with Gasteiger partial charge < -0.3 is 4.74 Å². The molecule has 94 valence electrons. The van der Waals surface area contributed by atoms with E-state index in [1.54, 1.807) is 7.11 Å². The highest BCUT2D eigenvalue weighted by atomic mass is 32.2. The summed E-state index contributed by atoms with van der Waals surface area (Å²) >= 11 is 0. The monoisotopic (exact) mass is 260 g/mol. The lowest BCUT2D eigenvalue weighted by Gasteiger charge is -2.04. The molecule has 0 radical (unpaired) electrons. The van der Waals surface area contributed by atoms with Gasteiger partial charge in [-0.3, -0.25) is 4.21 Å². The normalized spacial score (nSPS) is 12.1. The van der Waals surface area contributed by atoms with Gasteiger partial charge in [-0.2, -0.15) is 0 Å². The van der Waals surface area contributed by atoms with Gasteiger partial charge in [-0.1, -0.05) is 29.8 Å². The number of rotatable bonds is 4. The van der Waals surface area contributed by atoms with Crippen LogP contribution in [0.1, 0.15) is 11.1 Å². The van der Waals surface area contributed by atoms with E-state index in [0.717, 1.165) is 16.2 Å². The van der Waals surface area contributed by atoms with Gasteiger partial charge in [0.25, 0.3) is 0 Å². The van der Waals surface area contributed by atoms with E-state index in [2.05, 4.69) is 0 Å². The van der Waals surface area contributed by atoms with Crippen LogP contribution in [0, 0.1) is 6.92 Å². The molecule has 0 aliphatic rings. The SMILES string of the molecule is COc1ccc(CS(=O)c2ccc(C)cc2)cc1. The third-order valence-electron chi connectivity index (χ3n) is 2.74. The molecule has 0 aliphatic carbocycles. The van der Waals surface area contributed by atoms with Gasteiger partial charge in [0, 0.05) is 4.90 Å². The fraction of sp³-hybridized carbons (Fsp3) is 0.200. The van der Waals surface area contributed by atoms with Crippen LogP contribution >= 0.6 is 0 Å². The molecule has 18 heavy (non-hydrogen) atoms. The zero-order chi connectivity index (χ0) is 13.0. The molecular weight excluding hydrogens is 244 g/mol. The van der Waals surface area contributed by atoms with Crippen molar-refractivity contribution in [3.63, 3.8) is 0 Å². The molecule has 0 aromatic heterocycles. The quantitative estimate of drug-likeness (QED) is 0.843. The Bertz CT molecular complexity index is 529. The largest absolute Gasteiger partial charge is 0.497 e. The number of benzene rings is 2. The van der Waals surface area contributed by atoms with Crippen molar-refractivity contribution in [2.75, 3.05) is 7.11 Å². The van der Waals surface area contributed by atoms with Crippen molar-refractivity contribution in [2.24, 2.45) is 0 Å². The van der Waals surface area contributed by atoms with Gasteiger partial charge in [-0.15, -0.1) is 0 Å². The van der Waals surface area contributed by atoms with Gasteiger partial charge in [0.1, 0.15) is 5.75 Å². The Labute approximate surface area is 110 Å². The number of hydrogen-bond donors (Lipinski definition) is 0. The van der Waals surface area contributed by atoms with E-state index in [9.17, 15) is 4.21 Å². The molecular formula is C15H16O2S. The Morgan fingerprint density at radius 1 is 1.00 bits per heavy atom. The molecule has 0 bridgehead atoms. The van der Waals surface area contributed by atoms with Crippen LogP contribution in [0.3, 0.4) is 0 Å². The van der Waals surface area contributed by atoms with Crippen LogP contribution in [-0.2, 0) is 16.6 Å². The van der Waals surface area contributed by atoms with Gasteiger partial charge in [-0.25, -0.2) is 0 Å². The number of ether oxygens (including phenoxy) is 1. The van der Waals surface area contributed by atoms with E-state index in [0.29, 0.717) is 5.75 Å². The second-order valence-electron chi connectivity index (χ2n) is 4.15. The van der Waals surface area contributed by atoms with Gasteiger partial charge in [-0.05, 0) is 36.8 Å². The van der Waals surface area contributed by atoms with Crippen LogP contribution in [-0.4, -0.2) is 11.3 Å². The topological polar surface area (TPSA) is 26.3 Å². The van der Waals surface area contributed by atoms with E-state index >= 15 is 0 Å². The van der Waals surface area contributed by atoms with Crippen LogP contribution in [0.5, 0.6) is 5.75 Å². The summed E-state index contributed by atoms with van der Waals surface area (Å²) in [5, 5.41) is 0. The lowest BCUT2D eigenvalue weighted by Crippen LogP contribution is -1.96. The highest BCUT2D eigenvalue weighted by Gasteiger charge is 2.05. The minimum Gasteiger partial charge on any atom is -0.497 e. The smallest absolute Gasteiger partial charge is 0.118 e. The van der Waals surface area contributed by atoms with Crippen LogP contribution < -0.4 is 4.74 Å². The fourth-order valence-electron chi connectivity index (χ4n) is 1.65. The average Bonchev–Trinajstić information content (AvgIpc) is 2.40. The van der Waals surface area contributed by atoms with Crippen molar-refractivity contribution in [1.82, 2.24) is 0 Å². The van der Waals surface area contributed by atoms with E-state index in [-0.39, 0.29) is 0 Å². The van der Waals surface area contributed by atoms with E-state index < -0.39 is 10.8 Å². The number of hydrogen-bond acceptors (Lipinski definition) is 2. The summed E-state index contributed by atoms with van der Waals surface area (Å²) in [5.41, 5.74) is 2.23. The van der Waals surface area contributed by atoms with Crippen LogP contribution in [0.4, 0.5) is 0 Å². The Hall–Kier alpha value is -1.61. The second kappa shape index (κ2) is 5.83. The van der Waals surface area contributed by atoms with Crippen molar-refractivity contribution < 1.29 is 8.95 Å². The van der Waals surface area contributed by atoms with Gasteiger partial charge in [0.2, 0.25) is 0 Å². The molecule has 0 amide bonds. The average molecular weight is 260 g/mol. The Balaban J connectivity index is 2.08. The molecule has 2 nitrogen and oxygen atoms in total. The van der Waals surface area contributed by atoms with Crippen molar-refractivity contribution in [3.8, 4) is 5.75 Å². The van der Waals surface area contributed by atoms with Gasteiger partial charge in [0.15, 0.2) is 0 Å². The maximum absolute atomic E-state index is 12.2. The van der Waals surface area contributed by atoms with Gasteiger partial charge in [0.05, 0.1) is 23.7 Å². The third kappa shape index (κ3) is 3.20. The fourth-order valence-corrected chi connectivity index (χ4v) is 2.75. The molecule has 0 aliphatic heterocycles. The lowest BCUT2D eigenvalue weighted by atomic mass is 10.2. The Kier molecular flexibility index (Phi) is 4.15. The van der Waals surface area contributed by atoms with Crippen LogP contribution in [0.25, 0.3) is 0 Å². The number of methoxy groups -OCH3 is 1. The summed E-state index contributed by atoms with van der Waals surface area (Å²) in [6, 6.07) is 15.5. The number of aryl methyl sites for hydroxylation is 1. The van der Waals surface area contributed by atoms with Crippen LogP contribution in [0.15, 0.2) is 53.4 Å². The first-order valence-corrected chi connectivity index (χ1v) is 7.09. The molecule has 0 spiro atoms. The molecule has 0 saturated carbocycles. The van der Waals surface area contributed by atoms with Crippen molar-refractivity contribution in [3.05, 3.63) is 59.7 Å². The first-order chi connectivity index (χ1) is 8.69. The molecule has 0 heterocycles. The maximum Gasteiger partial charge on any atom is 0.118 e. The van der Waals surface area contributed by atoms with Crippen molar-refractivity contribution in [1.29, 1.82) is 0 Å². The molecule has 1 unspecified atom stereocenters. The highest BCUT2D eigenvalue weighted by Crippen LogP contribution is 2.16. The summed E-state index contributed by atoms with van der Waals surface area (Å²) in [6.07, 6.45) is 0. The molecule has 1 atom stereocenters. The first kappa shape index (κ1) is 12.8. The molecule has 2 aromatic rings. The summed E-state index contributed by atoms with van der Waals surface area (Å²) < 4.78 is 17.3. The zero-order valence-corrected chi connectivity index (χ0v) is 11.4. The first-order valence-electron chi connectivity index (χ1n) is 5.77. The molecule has 0 N–H and O–H groups in total. The standard InChI is InChI=1S/C15H16O2S/c1-12-3-9-15(10-4-12)18(16)11-13-5-7-14(17-2)8-6-13/h3-10H,11H2,1-2H3. The highest BCUT2D eigenvalue weighted by molar-refractivity contribution is 7.84. The Morgan fingerprint density at radius 2 is 1.61 bits per heavy atom. The maximum atomic E-state index is 12.2. The van der Waals surface area contributed by atoms with E-state index in [1.807, 2.05) is 55.5 Å². The summed E-state index contributed by atoms with van der Waals surface area (Å²) in [6.45, 7) is 2.02. The molecule has 0 fully saturated rings. The predicted molar refractivity (Wildman–Crippen MR) is 74.3 cm³/mol.